The highest BCUT2D eigenvalue weighted by molar-refractivity contribution is 9.10. The minimum atomic E-state index is -0.497. The van der Waals surface area contributed by atoms with E-state index in [1.807, 2.05) is 32.0 Å². The molecule has 0 saturated carbocycles. The number of aryl methyl sites for hydroxylation is 2. The van der Waals surface area contributed by atoms with Crippen molar-refractivity contribution in [3.63, 3.8) is 0 Å². The van der Waals surface area contributed by atoms with Crippen LogP contribution in [0.5, 0.6) is 5.75 Å². The fraction of sp³-hybridized carbons (Fsp3) is 0.120. The highest BCUT2D eigenvalue weighted by atomic mass is 79.9. The lowest BCUT2D eigenvalue weighted by Crippen LogP contribution is -2.20. The maximum atomic E-state index is 12.4. The van der Waals surface area contributed by atoms with E-state index in [4.69, 9.17) is 4.74 Å². The zero-order valence-corrected chi connectivity index (χ0v) is 19.5. The lowest BCUT2D eigenvalue weighted by atomic mass is 10.0. The molecule has 0 unspecified atom stereocenters. The van der Waals surface area contributed by atoms with Crippen molar-refractivity contribution in [2.75, 3.05) is 11.9 Å². The summed E-state index contributed by atoms with van der Waals surface area (Å²) < 4.78 is 6.51. The Hall–Kier alpha value is -3.96. The molecule has 3 aromatic carbocycles. The summed E-state index contributed by atoms with van der Waals surface area (Å²) in [5, 5.41) is 23.3. The van der Waals surface area contributed by atoms with Crippen molar-refractivity contribution in [2.24, 2.45) is 0 Å². The maximum Gasteiger partial charge on any atom is 0.269 e. The van der Waals surface area contributed by atoms with E-state index >= 15 is 0 Å². The number of ether oxygens (including phenoxy) is 1. The van der Waals surface area contributed by atoms with Crippen LogP contribution in [0.1, 0.15) is 22.3 Å². The molecular formula is C25H20BrN3O4. The van der Waals surface area contributed by atoms with E-state index in [0.717, 1.165) is 21.3 Å². The van der Waals surface area contributed by atoms with Gasteiger partial charge in [0.25, 0.3) is 11.6 Å². The molecule has 0 aliphatic rings. The molecule has 0 radical (unpaired) electrons. The van der Waals surface area contributed by atoms with Crippen molar-refractivity contribution in [2.45, 2.75) is 13.8 Å². The molecule has 0 bridgehead atoms. The van der Waals surface area contributed by atoms with Gasteiger partial charge in [-0.2, -0.15) is 5.26 Å². The summed E-state index contributed by atoms with van der Waals surface area (Å²) in [7, 11) is 0. The lowest BCUT2D eigenvalue weighted by Gasteiger charge is -2.12. The molecule has 0 aliphatic carbocycles. The molecule has 7 nitrogen and oxygen atoms in total. The number of anilines is 1. The largest absolute Gasteiger partial charge is 0.483 e. The Morgan fingerprint density at radius 3 is 2.52 bits per heavy atom. The first-order chi connectivity index (χ1) is 15.8. The fourth-order valence-electron chi connectivity index (χ4n) is 3.15. The third-order valence-corrected chi connectivity index (χ3v) is 5.29. The molecule has 33 heavy (non-hydrogen) atoms. The number of carbonyl (C=O) groups excluding carboxylic acids is 1. The predicted octanol–water partition coefficient (Wildman–Crippen LogP) is 6.06. The number of amides is 1. The van der Waals surface area contributed by atoms with Gasteiger partial charge in [0, 0.05) is 27.9 Å². The number of nitro benzene ring substituents is 1. The summed E-state index contributed by atoms with van der Waals surface area (Å²) in [6, 6.07) is 18.8. The zero-order chi connectivity index (χ0) is 24.0. The highest BCUT2D eigenvalue weighted by Gasteiger charge is 2.11. The number of nitrogens with one attached hydrogen (secondary N) is 1. The monoisotopic (exact) mass is 505 g/mol. The lowest BCUT2D eigenvalue weighted by molar-refractivity contribution is -0.384. The van der Waals surface area contributed by atoms with Crippen LogP contribution in [0.3, 0.4) is 0 Å². The smallest absolute Gasteiger partial charge is 0.269 e. The van der Waals surface area contributed by atoms with E-state index in [2.05, 4.69) is 27.3 Å². The first-order valence-corrected chi connectivity index (χ1v) is 10.7. The summed E-state index contributed by atoms with van der Waals surface area (Å²) in [5.74, 6) is 0.110. The van der Waals surface area contributed by atoms with Crippen molar-refractivity contribution in [1.29, 1.82) is 5.26 Å². The number of halogens is 1. The Labute approximate surface area is 199 Å². The molecular weight excluding hydrogens is 486 g/mol. The van der Waals surface area contributed by atoms with E-state index in [1.54, 1.807) is 24.3 Å². The van der Waals surface area contributed by atoms with Crippen molar-refractivity contribution < 1.29 is 14.5 Å². The summed E-state index contributed by atoms with van der Waals surface area (Å²) in [4.78, 5) is 22.8. The molecule has 3 aromatic rings. The second kappa shape index (κ2) is 10.6. The third-order valence-electron chi connectivity index (χ3n) is 4.80. The van der Waals surface area contributed by atoms with Gasteiger partial charge in [0.2, 0.25) is 0 Å². The Bertz CT molecular complexity index is 1280. The number of rotatable bonds is 7. The molecule has 0 saturated heterocycles. The maximum absolute atomic E-state index is 12.4. The van der Waals surface area contributed by atoms with Gasteiger partial charge in [-0.05, 0) is 67.4 Å². The van der Waals surface area contributed by atoms with Gasteiger partial charge in [-0.25, -0.2) is 0 Å². The van der Waals surface area contributed by atoms with Crippen LogP contribution in [0.4, 0.5) is 11.4 Å². The molecule has 0 fully saturated rings. The fourth-order valence-corrected chi connectivity index (χ4v) is 3.52. The number of nitriles is 1. The van der Waals surface area contributed by atoms with Gasteiger partial charge in [-0.3, -0.25) is 14.9 Å². The van der Waals surface area contributed by atoms with Gasteiger partial charge >= 0.3 is 0 Å². The summed E-state index contributed by atoms with van der Waals surface area (Å²) in [5.41, 5.74) is 4.13. The number of benzene rings is 3. The first-order valence-electron chi connectivity index (χ1n) is 9.93. The van der Waals surface area contributed by atoms with Crippen molar-refractivity contribution >= 4 is 44.9 Å². The number of non-ortho nitro benzene ring substituents is 1. The first kappa shape index (κ1) is 23.7. The average molecular weight is 506 g/mol. The molecule has 0 heterocycles. The van der Waals surface area contributed by atoms with Crippen molar-refractivity contribution in [1.82, 2.24) is 0 Å². The molecule has 1 N–H and O–H groups in total. The minimum absolute atomic E-state index is 0.0580. The molecule has 3 rings (SSSR count). The van der Waals surface area contributed by atoms with Gasteiger partial charge in [-0.15, -0.1) is 0 Å². The Kier molecular flexibility index (Phi) is 7.59. The topological polar surface area (TPSA) is 105 Å². The Morgan fingerprint density at radius 1 is 1.15 bits per heavy atom. The van der Waals surface area contributed by atoms with E-state index < -0.39 is 4.92 Å². The molecule has 0 atom stereocenters. The molecule has 8 heteroatoms. The van der Waals surface area contributed by atoms with Crippen molar-refractivity contribution in [3.05, 3.63) is 97.5 Å². The van der Waals surface area contributed by atoms with Crippen LogP contribution < -0.4 is 10.1 Å². The minimum Gasteiger partial charge on any atom is -0.483 e. The van der Waals surface area contributed by atoms with E-state index in [9.17, 15) is 20.2 Å². The van der Waals surface area contributed by atoms with Crippen LogP contribution >= 0.6 is 15.9 Å². The molecule has 0 spiro atoms. The number of hydrogen-bond acceptors (Lipinski definition) is 5. The van der Waals surface area contributed by atoms with Gasteiger partial charge in [-0.1, -0.05) is 33.6 Å². The van der Waals surface area contributed by atoms with Gasteiger partial charge in [0.05, 0.1) is 16.6 Å². The summed E-state index contributed by atoms with van der Waals surface area (Å²) >= 11 is 3.41. The normalized spacial score (nSPS) is 10.9. The summed E-state index contributed by atoms with van der Waals surface area (Å²) in [6.07, 6.45) is 1.61. The standard InChI is InChI=1S/C25H20BrN3O4/c1-16-3-9-23(17(2)11-16)28-25(30)15-33-24-10-6-21(26)13-19(24)12-20(14-27)18-4-7-22(8-5-18)29(31)32/h3-13H,15H2,1-2H3,(H,28,30)/b20-12+. The Balaban J connectivity index is 1.80. The van der Waals surface area contributed by atoms with Crippen LogP contribution in [0.15, 0.2) is 65.1 Å². The average Bonchev–Trinajstić information content (AvgIpc) is 2.79. The number of allylic oxidation sites excluding steroid dienone is 1. The Morgan fingerprint density at radius 2 is 1.88 bits per heavy atom. The molecule has 0 aromatic heterocycles. The predicted molar refractivity (Wildman–Crippen MR) is 131 cm³/mol. The van der Waals surface area contributed by atoms with Crippen LogP contribution in [0, 0.1) is 35.3 Å². The summed E-state index contributed by atoms with van der Waals surface area (Å²) in [6.45, 7) is 3.69. The second-order valence-electron chi connectivity index (χ2n) is 7.31. The van der Waals surface area contributed by atoms with Gasteiger partial charge in [0.15, 0.2) is 6.61 Å². The quantitative estimate of drug-likeness (QED) is 0.182. The van der Waals surface area contributed by atoms with E-state index in [0.29, 0.717) is 22.4 Å². The SMILES string of the molecule is Cc1ccc(NC(=O)COc2ccc(Br)cc2/C=C(\C#N)c2ccc([N+](=O)[O-])cc2)c(C)c1. The van der Waals surface area contributed by atoms with Crippen LogP contribution in [-0.4, -0.2) is 17.4 Å². The third kappa shape index (κ3) is 6.28. The highest BCUT2D eigenvalue weighted by Crippen LogP contribution is 2.28. The van der Waals surface area contributed by atoms with Crippen molar-refractivity contribution in [3.8, 4) is 11.8 Å². The number of nitro groups is 1. The van der Waals surface area contributed by atoms with Gasteiger partial charge < -0.3 is 10.1 Å². The van der Waals surface area contributed by atoms with Crippen LogP contribution in [-0.2, 0) is 4.79 Å². The molecule has 166 valence electrons. The second-order valence-corrected chi connectivity index (χ2v) is 8.23. The molecule has 0 aliphatic heterocycles. The number of carbonyl (C=O) groups is 1. The van der Waals surface area contributed by atoms with E-state index in [-0.39, 0.29) is 18.2 Å². The zero-order valence-electron chi connectivity index (χ0n) is 18.0. The van der Waals surface area contributed by atoms with E-state index in [1.165, 1.54) is 24.3 Å². The molecule has 1 amide bonds. The van der Waals surface area contributed by atoms with Crippen LogP contribution in [0.2, 0.25) is 0 Å². The van der Waals surface area contributed by atoms with Gasteiger partial charge in [0.1, 0.15) is 5.75 Å². The number of nitrogens with zero attached hydrogens (tertiary/aromatic N) is 2. The van der Waals surface area contributed by atoms with Crippen LogP contribution in [0.25, 0.3) is 11.6 Å². The number of hydrogen-bond donors (Lipinski definition) is 1.